The van der Waals surface area contributed by atoms with Crippen LogP contribution >= 0.6 is 22.9 Å². The van der Waals surface area contributed by atoms with Crippen molar-refractivity contribution in [2.75, 3.05) is 0 Å². The van der Waals surface area contributed by atoms with Crippen LogP contribution in [0, 0.1) is 0 Å². The first-order valence-electron chi connectivity index (χ1n) is 8.97. The zero-order valence-corrected chi connectivity index (χ0v) is 16.3. The number of hydrogen-bond donors (Lipinski definition) is 1. The van der Waals surface area contributed by atoms with E-state index >= 15 is 0 Å². The number of aromatic nitrogens is 4. The first-order valence-corrected chi connectivity index (χ1v) is 10.2. The van der Waals surface area contributed by atoms with E-state index in [1.54, 1.807) is 12.1 Å². The number of carbonyl (C=O) groups is 1. The Labute approximate surface area is 165 Å². The molecule has 4 rings (SSSR count). The molecule has 0 saturated carbocycles. The lowest BCUT2D eigenvalue weighted by Gasteiger charge is -2.05. The predicted octanol–water partition coefficient (Wildman–Crippen LogP) is 4.00. The van der Waals surface area contributed by atoms with Gasteiger partial charge in [-0.3, -0.25) is 4.79 Å². The van der Waals surface area contributed by atoms with E-state index in [0.717, 1.165) is 52.9 Å². The van der Waals surface area contributed by atoms with Crippen LogP contribution in [0.5, 0.6) is 0 Å². The van der Waals surface area contributed by atoms with Gasteiger partial charge >= 0.3 is 5.97 Å². The van der Waals surface area contributed by atoms with Crippen LogP contribution in [-0.4, -0.2) is 30.8 Å². The van der Waals surface area contributed by atoms with Crippen molar-refractivity contribution in [2.24, 2.45) is 0 Å². The van der Waals surface area contributed by atoms with Crippen molar-refractivity contribution in [2.45, 2.75) is 45.1 Å². The second-order valence-electron chi connectivity index (χ2n) is 6.63. The summed E-state index contributed by atoms with van der Waals surface area (Å²) >= 11 is 7.41. The van der Waals surface area contributed by atoms with E-state index in [1.807, 2.05) is 12.1 Å². The molecule has 0 bridgehead atoms. The number of aliphatic carboxylic acids is 1. The minimum absolute atomic E-state index is 0.0480. The molecule has 8 heteroatoms. The first-order chi connectivity index (χ1) is 13.1. The highest BCUT2D eigenvalue weighted by atomic mass is 35.5. The summed E-state index contributed by atoms with van der Waals surface area (Å²) in [5.41, 5.74) is 1.59. The molecule has 0 spiro atoms. The van der Waals surface area contributed by atoms with Gasteiger partial charge in [0.25, 0.3) is 0 Å². The van der Waals surface area contributed by atoms with Crippen LogP contribution in [0.3, 0.4) is 0 Å². The lowest BCUT2D eigenvalue weighted by atomic mass is 10.1. The maximum Gasteiger partial charge on any atom is 0.308 e. The smallest absolute Gasteiger partial charge is 0.308 e. The first kappa shape index (κ1) is 18.1. The van der Waals surface area contributed by atoms with Gasteiger partial charge in [-0.2, -0.15) is 0 Å². The summed E-state index contributed by atoms with van der Waals surface area (Å²) in [6.07, 6.45) is 4.98. The number of benzene rings is 1. The van der Waals surface area contributed by atoms with Gasteiger partial charge in [-0.25, -0.2) is 4.98 Å². The minimum Gasteiger partial charge on any atom is -0.481 e. The van der Waals surface area contributed by atoms with Crippen molar-refractivity contribution >= 4 is 28.9 Å². The van der Waals surface area contributed by atoms with Crippen LogP contribution in [-0.2, 0) is 30.6 Å². The highest BCUT2D eigenvalue weighted by Crippen LogP contribution is 2.31. The van der Waals surface area contributed by atoms with Crippen LogP contribution in [0.2, 0.25) is 5.02 Å². The lowest BCUT2D eigenvalue weighted by molar-refractivity contribution is -0.136. The fourth-order valence-electron chi connectivity index (χ4n) is 3.38. The van der Waals surface area contributed by atoms with E-state index in [1.165, 1.54) is 17.8 Å². The third-order valence-electron chi connectivity index (χ3n) is 4.67. The number of carboxylic acid groups (broad SMARTS) is 1. The molecule has 1 aliphatic heterocycles. The van der Waals surface area contributed by atoms with Crippen molar-refractivity contribution in [3.63, 3.8) is 0 Å². The van der Waals surface area contributed by atoms with Crippen molar-refractivity contribution in [1.29, 1.82) is 0 Å². The fraction of sp³-hybridized carbons (Fsp3) is 0.368. The molecule has 0 amide bonds. The summed E-state index contributed by atoms with van der Waals surface area (Å²) in [5, 5.41) is 19.5. The van der Waals surface area contributed by atoms with E-state index in [9.17, 15) is 9.90 Å². The van der Waals surface area contributed by atoms with Gasteiger partial charge in [-0.1, -0.05) is 30.2 Å². The van der Waals surface area contributed by atoms with Gasteiger partial charge in [0.2, 0.25) is 0 Å². The Morgan fingerprint density at radius 3 is 2.78 bits per heavy atom. The Kier molecular flexibility index (Phi) is 5.22. The molecule has 0 aliphatic carbocycles. The van der Waals surface area contributed by atoms with Crippen LogP contribution in [0.25, 0.3) is 11.3 Å². The number of aryl methyl sites for hydroxylation is 1. The highest BCUT2D eigenvalue weighted by Gasteiger charge is 2.20. The average Bonchev–Trinajstić information content (AvgIpc) is 3.11. The van der Waals surface area contributed by atoms with Gasteiger partial charge in [0, 0.05) is 28.4 Å². The summed E-state index contributed by atoms with van der Waals surface area (Å²) in [5.74, 6) is 1.09. The Morgan fingerprint density at radius 1 is 1.19 bits per heavy atom. The Morgan fingerprint density at radius 2 is 2.00 bits per heavy atom. The van der Waals surface area contributed by atoms with Crippen LogP contribution < -0.4 is 0 Å². The zero-order chi connectivity index (χ0) is 18.8. The van der Waals surface area contributed by atoms with Crippen LogP contribution in [0.1, 0.15) is 40.8 Å². The molecular formula is C19H19ClN4O2S. The van der Waals surface area contributed by atoms with Gasteiger partial charge in [0.1, 0.15) is 16.7 Å². The third-order valence-corrected chi connectivity index (χ3v) is 5.97. The number of fused-ring (bicyclic) bond motifs is 1. The SMILES string of the molecule is O=C(O)Cc1sc(Cc2nnc3n2CCCCC3)nc1-c1ccc(Cl)cc1. The quantitative estimate of drug-likeness (QED) is 0.697. The molecule has 0 unspecified atom stereocenters. The molecule has 1 N–H and O–H groups in total. The number of nitrogens with zero attached hydrogens (tertiary/aromatic N) is 4. The van der Waals surface area contributed by atoms with Crippen LogP contribution in [0.4, 0.5) is 0 Å². The molecule has 1 aliphatic rings. The highest BCUT2D eigenvalue weighted by molar-refractivity contribution is 7.12. The number of hydrogen-bond acceptors (Lipinski definition) is 5. The summed E-state index contributed by atoms with van der Waals surface area (Å²) in [6.45, 7) is 0.940. The van der Waals surface area contributed by atoms with E-state index in [0.29, 0.717) is 17.1 Å². The third kappa shape index (κ3) is 4.04. The number of rotatable bonds is 5. The molecule has 3 aromatic rings. The molecule has 6 nitrogen and oxygen atoms in total. The topological polar surface area (TPSA) is 80.9 Å². The van der Waals surface area contributed by atoms with E-state index in [-0.39, 0.29) is 6.42 Å². The summed E-state index contributed by atoms with van der Waals surface area (Å²) < 4.78 is 2.20. The monoisotopic (exact) mass is 402 g/mol. The normalized spacial score (nSPS) is 14.0. The van der Waals surface area contributed by atoms with E-state index in [2.05, 4.69) is 14.8 Å². The molecule has 0 saturated heterocycles. The van der Waals surface area contributed by atoms with Gasteiger partial charge in [0.05, 0.1) is 18.5 Å². The zero-order valence-electron chi connectivity index (χ0n) is 14.7. The second kappa shape index (κ2) is 7.78. The van der Waals surface area contributed by atoms with Crippen LogP contribution in [0.15, 0.2) is 24.3 Å². The van der Waals surface area contributed by atoms with Crippen molar-refractivity contribution < 1.29 is 9.90 Å². The average molecular weight is 403 g/mol. The van der Waals surface area contributed by atoms with Gasteiger partial charge in [-0.15, -0.1) is 21.5 Å². The van der Waals surface area contributed by atoms with Crippen molar-refractivity contribution in [1.82, 2.24) is 19.7 Å². The molecule has 0 fully saturated rings. The molecule has 140 valence electrons. The lowest BCUT2D eigenvalue weighted by Crippen LogP contribution is -2.06. The number of thiazole rings is 1. The summed E-state index contributed by atoms with van der Waals surface area (Å²) in [6, 6.07) is 7.32. The fourth-order valence-corrected chi connectivity index (χ4v) is 4.58. The van der Waals surface area contributed by atoms with Gasteiger partial charge in [-0.05, 0) is 25.0 Å². The minimum atomic E-state index is -0.864. The Bertz CT molecular complexity index is 965. The number of halogens is 1. The molecule has 3 heterocycles. The predicted molar refractivity (Wildman–Crippen MR) is 104 cm³/mol. The van der Waals surface area contributed by atoms with Crippen molar-refractivity contribution in [3.8, 4) is 11.3 Å². The Balaban J connectivity index is 1.66. The molecule has 1 aromatic carbocycles. The standard InChI is InChI=1S/C19H19ClN4O2S/c20-13-7-5-12(6-8-13)19-14(10-18(25)26)27-17(21-19)11-16-23-22-15-4-2-1-3-9-24(15)16/h5-8H,1-4,9-11H2,(H,25,26). The largest absolute Gasteiger partial charge is 0.481 e. The van der Waals surface area contributed by atoms with Gasteiger partial charge in [0.15, 0.2) is 0 Å². The Hall–Kier alpha value is -2.25. The maximum absolute atomic E-state index is 11.3. The molecular weight excluding hydrogens is 384 g/mol. The van der Waals surface area contributed by atoms with Crippen molar-refractivity contribution in [3.05, 3.63) is 50.8 Å². The number of carboxylic acids is 1. The molecule has 0 atom stereocenters. The second-order valence-corrected chi connectivity index (χ2v) is 8.23. The van der Waals surface area contributed by atoms with Gasteiger partial charge < -0.3 is 9.67 Å². The maximum atomic E-state index is 11.3. The van der Waals surface area contributed by atoms with E-state index in [4.69, 9.17) is 16.6 Å². The molecule has 27 heavy (non-hydrogen) atoms. The molecule has 2 aromatic heterocycles. The molecule has 0 radical (unpaired) electrons. The summed E-state index contributed by atoms with van der Waals surface area (Å²) in [7, 11) is 0. The van der Waals surface area contributed by atoms with E-state index < -0.39 is 5.97 Å². The summed E-state index contributed by atoms with van der Waals surface area (Å²) in [4.78, 5) is 16.8.